The molecule has 1 aromatic carbocycles. The SMILES string of the molecule is CCCN1CCC(CNC(=O)c2cc([N+](=O)[O-])ccc2Cl)CC1. The number of halogens is 1. The molecule has 0 bridgehead atoms. The van der Waals surface area contributed by atoms with Gasteiger partial charge >= 0.3 is 0 Å². The van der Waals surface area contributed by atoms with E-state index in [1.807, 2.05) is 0 Å². The van der Waals surface area contributed by atoms with E-state index in [1.165, 1.54) is 18.2 Å². The van der Waals surface area contributed by atoms with Crippen LogP contribution in [0, 0.1) is 16.0 Å². The molecule has 23 heavy (non-hydrogen) atoms. The van der Waals surface area contributed by atoms with Gasteiger partial charge in [0.05, 0.1) is 15.5 Å². The highest BCUT2D eigenvalue weighted by Crippen LogP contribution is 2.22. The molecule has 0 spiro atoms. The Balaban J connectivity index is 1.88. The van der Waals surface area contributed by atoms with Crippen molar-refractivity contribution in [3.63, 3.8) is 0 Å². The van der Waals surface area contributed by atoms with Crippen LogP contribution in [0.15, 0.2) is 18.2 Å². The highest BCUT2D eigenvalue weighted by Gasteiger charge is 2.20. The zero-order valence-electron chi connectivity index (χ0n) is 13.3. The lowest BCUT2D eigenvalue weighted by atomic mass is 9.96. The Labute approximate surface area is 141 Å². The number of nitro benzene ring substituents is 1. The van der Waals surface area contributed by atoms with Crippen molar-refractivity contribution in [1.29, 1.82) is 0 Å². The van der Waals surface area contributed by atoms with Crippen molar-refractivity contribution in [3.05, 3.63) is 38.9 Å². The summed E-state index contributed by atoms with van der Waals surface area (Å²) in [7, 11) is 0. The summed E-state index contributed by atoms with van der Waals surface area (Å²) in [5.74, 6) is 0.0965. The van der Waals surface area contributed by atoms with E-state index in [0.717, 1.165) is 38.9 Å². The lowest BCUT2D eigenvalue weighted by molar-refractivity contribution is -0.384. The fourth-order valence-corrected chi connectivity index (χ4v) is 3.07. The first-order chi connectivity index (χ1) is 11.0. The number of benzene rings is 1. The molecule has 7 heteroatoms. The minimum Gasteiger partial charge on any atom is -0.352 e. The maximum Gasteiger partial charge on any atom is 0.270 e. The summed E-state index contributed by atoms with van der Waals surface area (Å²) < 4.78 is 0. The maximum absolute atomic E-state index is 12.2. The normalized spacial score (nSPS) is 16.3. The molecule has 1 N–H and O–H groups in total. The van der Waals surface area contributed by atoms with E-state index < -0.39 is 4.92 Å². The third-order valence-corrected chi connectivity index (χ3v) is 4.53. The molecule has 0 unspecified atom stereocenters. The zero-order valence-corrected chi connectivity index (χ0v) is 14.0. The molecule has 1 saturated heterocycles. The molecule has 126 valence electrons. The minimum absolute atomic E-state index is 0.132. The largest absolute Gasteiger partial charge is 0.352 e. The van der Waals surface area contributed by atoms with E-state index in [9.17, 15) is 14.9 Å². The topological polar surface area (TPSA) is 75.5 Å². The number of rotatable bonds is 6. The molecule has 0 aromatic heterocycles. The smallest absolute Gasteiger partial charge is 0.270 e. The van der Waals surface area contributed by atoms with Gasteiger partial charge in [0, 0.05) is 18.7 Å². The number of carbonyl (C=O) groups is 1. The second-order valence-electron chi connectivity index (χ2n) is 5.92. The number of nitrogens with one attached hydrogen (secondary N) is 1. The van der Waals surface area contributed by atoms with Crippen molar-refractivity contribution in [2.75, 3.05) is 26.2 Å². The molecule has 0 saturated carbocycles. The Morgan fingerprint density at radius 1 is 1.43 bits per heavy atom. The van der Waals surface area contributed by atoms with Crippen molar-refractivity contribution in [1.82, 2.24) is 10.2 Å². The molecule has 1 heterocycles. The number of carbonyl (C=O) groups excluding carboxylic acids is 1. The van der Waals surface area contributed by atoms with Gasteiger partial charge in [0.2, 0.25) is 0 Å². The van der Waals surface area contributed by atoms with Gasteiger partial charge in [-0.3, -0.25) is 14.9 Å². The van der Waals surface area contributed by atoms with Crippen LogP contribution in [0.2, 0.25) is 5.02 Å². The number of likely N-dealkylation sites (tertiary alicyclic amines) is 1. The molecule has 1 amide bonds. The average Bonchev–Trinajstić information content (AvgIpc) is 2.54. The van der Waals surface area contributed by atoms with Crippen molar-refractivity contribution in [3.8, 4) is 0 Å². The predicted octanol–water partition coefficient (Wildman–Crippen LogP) is 3.10. The van der Waals surface area contributed by atoms with Gasteiger partial charge < -0.3 is 10.2 Å². The van der Waals surface area contributed by atoms with Crippen LogP contribution in [-0.4, -0.2) is 41.9 Å². The number of non-ortho nitro benzene ring substituents is 1. The summed E-state index contributed by atoms with van der Waals surface area (Å²) >= 11 is 5.98. The van der Waals surface area contributed by atoms with Crippen LogP contribution >= 0.6 is 11.6 Å². The number of hydrogen-bond acceptors (Lipinski definition) is 4. The molecular formula is C16H22ClN3O3. The standard InChI is InChI=1S/C16H22ClN3O3/c1-2-7-19-8-5-12(6-9-19)11-18-16(21)14-10-13(20(22)23)3-4-15(14)17/h3-4,10,12H,2,5-9,11H2,1H3,(H,18,21). The highest BCUT2D eigenvalue weighted by molar-refractivity contribution is 6.33. The van der Waals surface area contributed by atoms with E-state index in [0.29, 0.717) is 12.5 Å². The Kier molecular flexibility index (Phi) is 6.36. The van der Waals surface area contributed by atoms with Gasteiger partial charge in [-0.15, -0.1) is 0 Å². The molecular weight excluding hydrogens is 318 g/mol. The van der Waals surface area contributed by atoms with Gasteiger partial charge in [-0.1, -0.05) is 18.5 Å². The Hall–Kier alpha value is -1.66. The summed E-state index contributed by atoms with van der Waals surface area (Å²) in [6.07, 6.45) is 3.28. The fourth-order valence-electron chi connectivity index (χ4n) is 2.86. The first-order valence-corrected chi connectivity index (χ1v) is 8.33. The van der Waals surface area contributed by atoms with Gasteiger partial charge in [-0.25, -0.2) is 0 Å². The zero-order chi connectivity index (χ0) is 16.8. The van der Waals surface area contributed by atoms with E-state index in [1.54, 1.807) is 0 Å². The van der Waals surface area contributed by atoms with E-state index >= 15 is 0 Å². The number of nitrogens with zero attached hydrogens (tertiary/aromatic N) is 2. The average molecular weight is 340 g/mol. The Morgan fingerprint density at radius 3 is 2.74 bits per heavy atom. The molecule has 1 aromatic rings. The van der Waals surface area contributed by atoms with Crippen LogP contribution in [0.25, 0.3) is 0 Å². The lowest BCUT2D eigenvalue weighted by Gasteiger charge is -2.31. The molecule has 0 atom stereocenters. The molecule has 2 rings (SSSR count). The summed E-state index contributed by atoms with van der Waals surface area (Å²) in [4.78, 5) is 24.9. The van der Waals surface area contributed by atoms with Crippen LogP contribution in [-0.2, 0) is 0 Å². The Bertz CT molecular complexity index is 572. The summed E-state index contributed by atoms with van der Waals surface area (Å²) in [6.45, 7) is 6.01. The number of amides is 1. The number of nitro groups is 1. The van der Waals surface area contributed by atoms with Crippen molar-refractivity contribution in [2.24, 2.45) is 5.92 Å². The van der Waals surface area contributed by atoms with E-state index in [4.69, 9.17) is 11.6 Å². The first kappa shape index (κ1) is 17.7. The van der Waals surface area contributed by atoms with Gasteiger partial charge in [-0.05, 0) is 50.9 Å². The molecule has 1 fully saturated rings. The van der Waals surface area contributed by atoms with Crippen molar-refractivity contribution >= 4 is 23.2 Å². The van der Waals surface area contributed by atoms with Gasteiger partial charge in [0.15, 0.2) is 0 Å². The molecule has 6 nitrogen and oxygen atoms in total. The van der Waals surface area contributed by atoms with Gasteiger partial charge in [0.1, 0.15) is 0 Å². The summed E-state index contributed by atoms with van der Waals surface area (Å²) in [6, 6.07) is 3.90. The fraction of sp³-hybridized carbons (Fsp3) is 0.562. The molecule has 1 aliphatic rings. The molecule has 1 aliphatic heterocycles. The lowest BCUT2D eigenvalue weighted by Crippen LogP contribution is -2.39. The summed E-state index contributed by atoms with van der Waals surface area (Å²) in [5.41, 5.74) is 0.0247. The quantitative estimate of drug-likeness (QED) is 0.638. The third kappa shape index (κ3) is 4.91. The monoisotopic (exact) mass is 339 g/mol. The van der Waals surface area contributed by atoms with Gasteiger partial charge in [-0.2, -0.15) is 0 Å². The minimum atomic E-state index is -0.531. The number of piperidine rings is 1. The highest BCUT2D eigenvalue weighted by atomic mass is 35.5. The third-order valence-electron chi connectivity index (χ3n) is 4.20. The maximum atomic E-state index is 12.2. The second kappa shape index (κ2) is 8.26. The predicted molar refractivity (Wildman–Crippen MR) is 89.9 cm³/mol. The van der Waals surface area contributed by atoms with Crippen molar-refractivity contribution < 1.29 is 9.72 Å². The van der Waals surface area contributed by atoms with Crippen molar-refractivity contribution in [2.45, 2.75) is 26.2 Å². The Morgan fingerprint density at radius 2 is 2.13 bits per heavy atom. The van der Waals surface area contributed by atoms with Crippen LogP contribution in [0.5, 0.6) is 0 Å². The first-order valence-electron chi connectivity index (χ1n) is 7.95. The van der Waals surface area contributed by atoms with Crippen LogP contribution in [0.4, 0.5) is 5.69 Å². The van der Waals surface area contributed by atoms with E-state index in [-0.39, 0.29) is 22.2 Å². The second-order valence-corrected chi connectivity index (χ2v) is 6.32. The van der Waals surface area contributed by atoms with Crippen LogP contribution in [0.1, 0.15) is 36.5 Å². The molecule has 0 aliphatic carbocycles. The van der Waals surface area contributed by atoms with Crippen LogP contribution in [0.3, 0.4) is 0 Å². The van der Waals surface area contributed by atoms with Gasteiger partial charge in [0.25, 0.3) is 11.6 Å². The summed E-state index contributed by atoms with van der Waals surface area (Å²) in [5, 5.41) is 13.9. The molecule has 0 radical (unpaired) electrons. The number of hydrogen-bond donors (Lipinski definition) is 1. The van der Waals surface area contributed by atoms with Crippen LogP contribution < -0.4 is 5.32 Å². The van der Waals surface area contributed by atoms with E-state index in [2.05, 4.69) is 17.1 Å².